The van der Waals surface area contributed by atoms with Crippen molar-refractivity contribution in [3.63, 3.8) is 0 Å². The lowest BCUT2D eigenvalue weighted by Crippen LogP contribution is -2.38. The van der Waals surface area contributed by atoms with Crippen molar-refractivity contribution in [3.05, 3.63) is 81.9 Å². The summed E-state index contributed by atoms with van der Waals surface area (Å²) < 4.78 is 5.36. The molecule has 156 valence electrons. The molecule has 0 unspecified atom stereocenters. The summed E-state index contributed by atoms with van der Waals surface area (Å²) in [6.45, 7) is 0.0707. The summed E-state index contributed by atoms with van der Waals surface area (Å²) in [6, 6.07) is 17.8. The topological polar surface area (TPSA) is 66.4 Å². The number of nitrogens with zero attached hydrogens (tertiary/aromatic N) is 3. The van der Waals surface area contributed by atoms with Crippen LogP contribution in [0.25, 0.3) is 17.5 Å². The first kappa shape index (κ1) is 21.5. The summed E-state index contributed by atoms with van der Waals surface area (Å²) in [5.74, 6) is -1.23. The quantitative estimate of drug-likeness (QED) is 0.303. The Labute approximate surface area is 196 Å². The molecule has 0 aliphatic carbocycles. The highest BCUT2D eigenvalue weighted by Crippen LogP contribution is 2.32. The summed E-state index contributed by atoms with van der Waals surface area (Å²) in [5, 5.41) is 8.90. The highest BCUT2D eigenvalue weighted by Gasteiger charge is 2.32. The van der Waals surface area contributed by atoms with Gasteiger partial charge in [0.1, 0.15) is 10.0 Å². The molecular weight excluding hydrogens is 498 g/mol. The van der Waals surface area contributed by atoms with Gasteiger partial charge in [0.2, 0.25) is 11.9 Å². The number of aliphatic carboxylic acids is 1. The van der Waals surface area contributed by atoms with E-state index in [1.165, 1.54) is 16.7 Å². The maximum absolute atomic E-state index is 12.7. The lowest BCUT2D eigenvalue weighted by molar-refractivity contribution is -0.674. The van der Waals surface area contributed by atoms with E-state index < -0.39 is 5.97 Å². The van der Waals surface area contributed by atoms with Crippen LogP contribution < -0.4 is 4.68 Å². The predicted molar refractivity (Wildman–Crippen MR) is 127 cm³/mol. The fraction of sp³-hybridized carbons (Fsp3) is 0.0909. The van der Waals surface area contributed by atoms with E-state index in [0.717, 1.165) is 21.4 Å². The molecular formula is C22H17BrN3O3S2+. The van der Waals surface area contributed by atoms with Crippen LogP contribution in [0.2, 0.25) is 0 Å². The molecule has 0 saturated carbocycles. The Morgan fingerprint density at radius 2 is 1.87 bits per heavy atom. The van der Waals surface area contributed by atoms with E-state index in [-0.39, 0.29) is 18.9 Å². The normalized spacial score (nSPS) is 15.1. The molecule has 0 bridgehead atoms. The average molecular weight is 515 g/mol. The van der Waals surface area contributed by atoms with Gasteiger partial charge in [0, 0.05) is 23.2 Å². The third-order valence-electron chi connectivity index (χ3n) is 4.61. The van der Waals surface area contributed by atoms with E-state index >= 15 is 0 Å². The van der Waals surface area contributed by atoms with Crippen LogP contribution in [0.4, 0.5) is 0 Å². The predicted octanol–water partition coefficient (Wildman–Crippen LogP) is 4.19. The Bertz CT molecular complexity index is 1190. The highest BCUT2D eigenvalue weighted by molar-refractivity contribution is 9.10. The lowest BCUT2D eigenvalue weighted by atomic mass is 10.3. The third-order valence-corrected chi connectivity index (χ3v) is 6.51. The smallest absolute Gasteiger partial charge is 0.305 e. The first-order valence-electron chi connectivity index (χ1n) is 9.35. The number of hydrogen-bond acceptors (Lipinski definition) is 4. The van der Waals surface area contributed by atoms with Gasteiger partial charge in [0.05, 0.1) is 23.1 Å². The van der Waals surface area contributed by atoms with Gasteiger partial charge < -0.3 is 5.11 Å². The zero-order valence-corrected chi connectivity index (χ0v) is 19.4. The number of amides is 1. The zero-order valence-electron chi connectivity index (χ0n) is 16.1. The van der Waals surface area contributed by atoms with Crippen molar-refractivity contribution in [1.82, 2.24) is 9.58 Å². The molecule has 2 heterocycles. The van der Waals surface area contributed by atoms with E-state index in [2.05, 4.69) is 15.9 Å². The largest absolute Gasteiger partial charge is 0.481 e. The summed E-state index contributed by atoms with van der Waals surface area (Å²) in [6.07, 6.45) is 5.53. The number of carboxylic acid groups (broad SMARTS) is 1. The molecule has 3 aromatic rings. The molecule has 9 heteroatoms. The number of halogens is 1. The van der Waals surface area contributed by atoms with Crippen molar-refractivity contribution in [3.8, 4) is 11.4 Å². The standard InChI is InChI=1S/C22H16BrN3O3S2/c23-16-6-8-18(9-7-16)26-14-15(13-25(26)17-4-2-1-3-5-17)12-19-21(29)24(22(30)31-19)11-10-20(27)28/h1-9,12-14H,10-11H2/p+1. The van der Waals surface area contributed by atoms with Crippen molar-refractivity contribution in [2.45, 2.75) is 6.42 Å². The lowest BCUT2D eigenvalue weighted by Gasteiger charge is -2.12. The van der Waals surface area contributed by atoms with Gasteiger partial charge in [-0.3, -0.25) is 14.5 Å². The van der Waals surface area contributed by atoms with E-state index in [1.807, 2.05) is 76.4 Å². The Morgan fingerprint density at radius 3 is 2.55 bits per heavy atom. The van der Waals surface area contributed by atoms with Gasteiger partial charge in [0.15, 0.2) is 0 Å². The average Bonchev–Trinajstić information content (AvgIpc) is 3.29. The van der Waals surface area contributed by atoms with Crippen molar-refractivity contribution >= 4 is 62.2 Å². The van der Waals surface area contributed by atoms with Crippen LogP contribution in [-0.4, -0.2) is 37.4 Å². The number of carbonyl (C=O) groups excluding carboxylic acids is 1. The van der Waals surface area contributed by atoms with Gasteiger partial charge in [-0.2, -0.15) is 0 Å². The molecule has 0 spiro atoms. The molecule has 1 saturated heterocycles. The van der Waals surface area contributed by atoms with Gasteiger partial charge >= 0.3 is 5.97 Å². The fourth-order valence-corrected chi connectivity index (χ4v) is 4.71. The van der Waals surface area contributed by atoms with Crippen LogP contribution in [0.1, 0.15) is 12.0 Å². The van der Waals surface area contributed by atoms with Crippen molar-refractivity contribution in [2.24, 2.45) is 0 Å². The summed E-state index contributed by atoms with van der Waals surface area (Å²) in [4.78, 5) is 25.4. The minimum absolute atomic E-state index is 0.0707. The van der Waals surface area contributed by atoms with Gasteiger partial charge in [-0.15, -0.1) is 4.68 Å². The summed E-state index contributed by atoms with van der Waals surface area (Å²) in [5.41, 5.74) is 2.75. The van der Waals surface area contributed by atoms with Crippen molar-refractivity contribution < 1.29 is 19.4 Å². The fourth-order valence-electron chi connectivity index (χ4n) is 3.14. The van der Waals surface area contributed by atoms with Crippen LogP contribution in [0.15, 0.2) is 76.4 Å². The minimum atomic E-state index is -0.964. The molecule has 1 aromatic heterocycles. The molecule has 1 N–H and O–H groups in total. The second kappa shape index (κ2) is 9.17. The third kappa shape index (κ3) is 4.79. The van der Waals surface area contributed by atoms with Crippen molar-refractivity contribution in [1.29, 1.82) is 0 Å². The number of para-hydroxylation sites is 1. The number of carboxylic acids is 1. The van der Waals surface area contributed by atoms with E-state index in [4.69, 9.17) is 17.3 Å². The maximum atomic E-state index is 12.7. The second-order valence-corrected chi connectivity index (χ2v) is 9.33. The minimum Gasteiger partial charge on any atom is -0.481 e. The number of carbonyl (C=O) groups is 2. The van der Waals surface area contributed by atoms with Gasteiger partial charge in [0.25, 0.3) is 5.91 Å². The van der Waals surface area contributed by atoms with Gasteiger partial charge in [-0.25, -0.2) is 0 Å². The van der Waals surface area contributed by atoms with Crippen LogP contribution in [-0.2, 0) is 9.59 Å². The van der Waals surface area contributed by atoms with Crippen LogP contribution in [0, 0.1) is 0 Å². The zero-order chi connectivity index (χ0) is 22.0. The SMILES string of the molecule is O=C(O)CCN1C(=O)C(=Cc2cn(-c3ccccc3)[n+](-c3ccc(Br)cc3)c2)SC1=S. The molecule has 2 aromatic carbocycles. The number of thiocarbonyl (C=S) groups is 1. The number of rotatable bonds is 6. The van der Waals surface area contributed by atoms with E-state index in [9.17, 15) is 9.59 Å². The van der Waals surface area contributed by atoms with E-state index in [1.54, 1.807) is 6.08 Å². The number of benzene rings is 2. The van der Waals surface area contributed by atoms with Gasteiger partial charge in [-0.05, 0) is 30.3 Å². The van der Waals surface area contributed by atoms with Crippen LogP contribution in [0.5, 0.6) is 0 Å². The van der Waals surface area contributed by atoms with Crippen LogP contribution >= 0.6 is 39.9 Å². The molecule has 6 nitrogen and oxygen atoms in total. The molecule has 31 heavy (non-hydrogen) atoms. The molecule has 1 aliphatic heterocycles. The number of aromatic nitrogens is 2. The highest BCUT2D eigenvalue weighted by atomic mass is 79.9. The molecule has 1 aliphatic rings. The van der Waals surface area contributed by atoms with E-state index in [0.29, 0.717) is 9.23 Å². The first-order chi connectivity index (χ1) is 14.9. The second-order valence-electron chi connectivity index (χ2n) is 6.74. The molecule has 0 radical (unpaired) electrons. The number of hydrogen-bond donors (Lipinski definition) is 1. The monoisotopic (exact) mass is 514 g/mol. The van der Waals surface area contributed by atoms with Gasteiger partial charge in [-0.1, -0.05) is 62.8 Å². The summed E-state index contributed by atoms with van der Waals surface area (Å²) in [7, 11) is 0. The maximum Gasteiger partial charge on any atom is 0.305 e. The first-order valence-corrected chi connectivity index (χ1v) is 11.4. The molecule has 1 fully saturated rings. The molecule has 1 amide bonds. The summed E-state index contributed by atoms with van der Waals surface area (Å²) >= 11 is 9.93. The Hall–Kier alpha value is -2.75. The Balaban J connectivity index is 1.71. The Morgan fingerprint density at radius 1 is 1.16 bits per heavy atom. The number of thioether (sulfide) groups is 1. The molecule has 4 rings (SSSR count). The van der Waals surface area contributed by atoms with Crippen molar-refractivity contribution in [2.75, 3.05) is 6.54 Å². The van der Waals surface area contributed by atoms with Crippen LogP contribution in [0.3, 0.4) is 0 Å². The Kier molecular flexibility index (Phi) is 6.35. The molecule has 0 atom stereocenters.